The lowest BCUT2D eigenvalue weighted by atomic mass is 10.0. The van der Waals surface area contributed by atoms with Gasteiger partial charge in [-0.05, 0) is 64.5 Å². The van der Waals surface area contributed by atoms with E-state index in [1.54, 1.807) is 7.11 Å². The molecule has 0 spiro atoms. The molecule has 0 atom stereocenters. The van der Waals surface area contributed by atoms with Crippen LogP contribution in [0.25, 0.3) is 0 Å². The molecule has 0 aliphatic rings. The first-order valence-electron chi connectivity index (χ1n) is 6.81. The summed E-state index contributed by atoms with van der Waals surface area (Å²) in [5, 5.41) is 3.34. The molecule has 1 rings (SSSR count). The van der Waals surface area contributed by atoms with Crippen molar-refractivity contribution < 1.29 is 4.74 Å². The number of hydrogen-bond donors (Lipinski definition) is 1. The van der Waals surface area contributed by atoms with Crippen LogP contribution in [0.4, 0.5) is 0 Å². The Morgan fingerprint density at radius 3 is 2.37 bits per heavy atom. The zero-order valence-corrected chi connectivity index (χ0v) is 13.4. The summed E-state index contributed by atoms with van der Waals surface area (Å²) in [7, 11) is 5.90. The van der Waals surface area contributed by atoms with Crippen molar-refractivity contribution in [3.05, 3.63) is 28.8 Å². The molecule has 1 aromatic carbocycles. The highest BCUT2D eigenvalue weighted by Gasteiger charge is 2.18. The fourth-order valence-corrected chi connectivity index (χ4v) is 2.34. The molecule has 108 valence electrons. The van der Waals surface area contributed by atoms with E-state index in [1.165, 1.54) is 16.7 Å². The maximum absolute atomic E-state index is 5.36. The zero-order valence-electron chi connectivity index (χ0n) is 13.4. The summed E-state index contributed by atoms with van der Waals surface area (Å²) in [5.41, 5.74) is 4.06. The van der Waals surface area contributed by atoms with Crippen LogP contribution in [0, 0.1) is 13.8 Å². The maximum Gasteiger partial charge on any atom is 0.122 e. The van der Waals surface area contributed by atoms with Gasteiger partial charge in [0.1, 0.15) is 5.75 Å². The lowest BCUT2D eigenvalue weighted by Gasteiger charge is -2.30. The Morgan fingerprint density at radius 2 is 1.84 bits per heavy atom. The molecule has 0 saturated heterocycles. The quantitative estimate of drug-likeness (QED) is 0.855. The van der Waals surface area contributed by atoms with Crippen LogP contribution in [0.1, 0.15) is 30.5 Å². The first-order valence-corrected chi connectivity index (χ1v) is 6.81. The second kappa shape index (κ2) is 6.40. The van der Waals surface area contributed by atoms with Crippen LogP contribution in [0.3, 0.4) is 0 Å². The highest BCUT2D eigenvalue weighted by Crippen LogP contribution is 2.24. The minimum atomic E-state index is 0.129. The van der Waals surface area contributed by atoms with Crippen molar-refractivity contribution in [2.75, 3.05) is 27.7 Å². The highest BCUT2D eigenvalue weighted by atomic mass is 16.5. The predicted octanol–water partition coefficient (Wildman–Crippen LogP) is 2.74. The molecule has 0 amide bonds. The van der Waals surface area contributed by atoms with Crippen LogP contribution >= 0.6 is 0 Å². The molecule has 0 bridgehead atoms. The molecule has 0 aromatic heterocycles. The molecule has 0 fully saturated rings. The largest absolute Gasteiger partial charge is 0.496 e. The van der Waals surface area contributed by atoms with E-state index in [9.17, 15) is 0 Å². The van der Waals surface area contributed by atoms with Gasteiger partial charge >= 0.3 is 0 Å². The van der Waals surface area contributed by atoms with Gasteiger partial charge in [0, 0.05) is 18.6 Å². The van der Waals surface area contributed by atoms with E-state index >= 15 is 0 Å². The van der Waals surface area contributed by atoms with E-state index < -0.39 is 0 Å². The molecule has 0 saturated carbocycles. The van der Waals surface area contributed by atoms with Crippen molar-refractivity contribution >= 4 is 0 Å². The average Bonchev–Trinajstić information content (AvgIpc) is 2.35. The molecule has 0 unspecified atom stereocenters. The number of ether oxygens (including phenoxy) is 1. The van der Waals surface area contributed by atoms with Crippen molar-refractivity contribution in [3.8, 4) is 5.75 Å². The van der Waals surface area contributed by atoms with Crippen molar-refractivity contribution in [2.45, 2.75) is 39.8 Å². The van der Waals surface area contributed by atoms with Crippen molar-refractivity contribution in [1.82, 2.24) is 10.2 Å². The van der Waals surface area contributed by atoms with Crippen LogP contribution in [-0.4, -0.2) is 38.2 Å². The fraction of sp³-hybridized carbons (Fsp3) is 0.625. The molecule has 3 heteroatoms. The molecule has 0 heterocycles. The van der Waals surface area contributed by atoms with Crippen LogP contribution in [0.5, 0.6) is 5.75 Å². The number of likely N-dealkylation sites (N-methyl/N-ethyl adjacent to an activating group) is 2. The molecular formula is C16H28N2O. The molecule has 19 heavy (non-hydrogen) atoms. The third-order valence-corrected chi connectivity index (χ3v) is 3.85. The summed E-state index contributed by atoms with van der Waals surface area (Å²) in [5.74, 6) is 0.972. The van der Waals surface area contributed by atoms with E-state index in [0.29, 0.717) is 0 Å². The fourth-order valence-electron chi connectivity index (χ4n) is 2.34. The summed E-state index contributed by atoms with van der Waals surface area (Å²) in [6.45, 7) is 10.7. The Morgan fingerprint density at radius 1 is 1.21 bits per heavy atom. The van der Waals surface area contributed by atoms with Gasteiger partial charge in [0.25, 0.3) is 0 Å². The van der Waals surface area contributed by atoms with Gasteiger partial charge in [0.15, 0.2) is 0 Å². The zero-order chi connectivity index (χ0) is 14.6. The Balaban J connectivity index is 2.80. The van der Waals surface area contributed by atoms with Gasteiger partial charge in [0.05, 0.1) is 7.11 Å². The standard InChI is InChI=1S/C16H28N2O/c1-12-13(2)15(19-7)9-8-14(12)10-18(6)11-16(3,4)17-5/h8-9,17H,10-11H2,1-7H3. The van der Waals surface area contributed by atoms with Gasteiger partial charge in [-0.15, -0.1) is 0 Å². The van der Waals surface area contributed by atoms with Crippen molar-refractivity contribution in [1.29, 1.82) is 0 Å². The van der Waals surface area contributed by atoms with Gasteiger partial charge in [-0.3, -0.25) is 0 Å². The molecule has 0 aliphatic carbocycles. The lowest BCUT2D eigenvalue weighted by Crippen LogP contribution is -2.46. The van der Waals surface area contributed by atoms with Gasteiger partial charge < -0.3 is 15.0 Å². The third kappa shape index (κ3) is 4.22. The predicted molar refractivity (Wildman–Crippen MR) is 81.9 cm³/mol. The molecule has 3 nitrogen and oxygen atoms in total. The van der Waals surface area contributed by atoms with Crippen LogP contribution in [0.15, 0.2) is 12.1 Å². The molecule has 1 N–H and O–H groups in total. The Labute approximate surface area is 118 Å². The van der Waals surface area contributed by atoms with Crippen molar-refractivity contribution in [2.24, 2.45) is 0 Å². The third-order valence-electron chi connectivity index (χ3n) is 3.85. The van der Waals surface area contributed by atoms with Gasteiger partial charge in [0.2, 0.25) is 0 Å². The van der Waals surface area contributed by atoms with E-state index in [2.05, 4.69) is 57.1 Å². The van der Waals surface area contributed by atoms with E-state index in [4.69, 9.17) is 4.74 Å². The number of nitrogens with one attached hydrogen (secondary N) is 1. The smallest absolute Gasteiger partial charge is 0.122 e. The monoisotopic (exact) mass is 264 g/mol. The maximum atomic E-state index is 5.36. The summed E-state index contributed by atoms with van der Waals surface area (Å²) < 4.78 is 5.36. The molecule has 0 radical (unpaired) electrons. The van der Waals surface area contributed by atoms with Gasteiger partial charge in [-0.25, -0.2) is 0 Å². The SMILES string of the molecule is CNC(C)(C)CN(C)Cc1ccc(OC)c(C)c1C. The summed E-state index contributed by atoms with van der Waals surface area (Å²) >= 11 is 0. The minimum Gasteiger partial charge on any atom is -0.496 e. The lowest BCUT2D eigenvalue weighted by molar-refractivity contribution is 0.238. The summed E-state index contributed by atoms with van der Waals surface area (Å²) in [4.78, 5) is 2.35. The second-order valence-electron chi connectivity index (χ2n) is 5.98. The summed E-state index contributed by atoms with van der Waals surface area (Å²) in [6.07, 6.45) is 0. The minimum absolute atomic E-state index is 0.129. The second-order valence-corrected chi connectivity index (χ2v) is 5.98. The van der Waals surface area contributed by atoms with E-state index in [-0.39, 0.29) is 5.54 Å². The number of benzene rings is 1. The average molecular weight is 264 g/mol. The van der Waals surface area contributed by atoms with E-state index in [1.807, 2.05) is 7.05 Å². The summed E-state index contributed by atoms with van der Waals surface area (Å²) in [6, 6.07) is 4.23. The van der Waals surface area contributed by atoms with Crippen molar-refractivity contribution in [3.63, 3.8) is 0 Å². The first kappa shape index (κ1) is 16.0. The molecular weight excluding hydrogens is 236 g/mol. The Bertz CT molecular complexity index is 427. The molecule has 0 aliphatic heterocycles. The Kier molecular flexibility index (Phi) is 5.39. The number of hydrogen-bond acceptors (Lipinski definition) is 3. The first-order chi connectivity index (χ1) is 8.80. The van der Waals surface area contributed by atoms with E-state index in [0.717, 1.165) is 18.8 Å². The van der Waals surface area contributed by atoms with Gasteiger partial charge in [-0.1, -0.05) is 6.07 Å². The molecule has 1 aromatic rings. The highest BCUT2D eigenvalue weighted by molar-refractivity contribution is 5.43. The Hall–Kier alpha value is -1.06. The van der Waals surface area contributed by atoms with Gasteiger partial charge in [-0.2, -0.15) is 0 Å². The van der Waals surface area contributed by atoms with Crippen LogP contribution in [0.2, 0.25) is 0 Å². The van der Waals surface area contributed by atoms with Crippen LogP contribution < -0.4 is 10.1 Å². The van der Waals surface area contributed by atoms with Crippen LogP contribution in [-0.2, 0) is 6.54 Å². The topological polar surface area (TPSA) is 24.5 Å². The number of rotatable bonds is 6. The number of methoxy groups -OCH3 is 1. The number of nitrogens with zero attached hydrogens (tertiary/aromatic N) is 1. The normalized spacial score (nSPS) is 12.0.